The van der Waals surface area contributed by atoms with Crippen molar-refractivity contribution in [2.75, 3.05) is 0 Å². The van der Waals surface area contributed by atoms with Crippen LogP contribution < -0.4 is 0 Å². The van der Waals surface area contributed by atoms with Crippen molar-refractivity contribution in [2.24, 2.45) is 0 Å². The Bertz CT molecular complexity index is 284. The van der Waals surface area contributed by atoms with Crippen LogP contribution in [0.5, 0.6) is 0 Å². The van der Waals surface area contributed by atoms with Gasteiger partial charge in [0.2, 0.25) is 0 Å². The molecule has 0 heterocycles. The van der Waals surface area contributed by atoms with Crippen molar-refractivity contribution in [3.63, 3.8) is 0 Å². The molecular weight excluding hydrogens is 323 g/mol. The second kappa shape index (κ2) is 20.9. The Hall–Kier alpha value is 0.870. The molecule has 0 aliphatic carbocycles. The van der Waals surface area contributed by atoms with Crippen molar-refractivity contribution in [2.45, 2.75) is 107 Å². The van der Waals surface area contributed by atoms with Crippen LogP contribution in [0.4, 0.5) is 0 Å². The van der Waals surface area contributed by atoms with Crippen molar-refractivity contribution >= 4 is 38.3 Å². The van der Waals surface area contributed by atoms with E-state index in [9.17, 15) is 0 Å². The Morgan fingerprint density at radius 2 is 0.826 bits per heavy atom. The van der Waals surface area contributed by atoms with E-state index in [-0.39, 0.29) is 0 Å². The van der Waals surface area contributed by atoms with Crippen molar-refractivity contribution in [3.8, 4) is 0 Å². The standard InChI is InChI=1S/C17H35.Na.H2O4S/c1-3-5-7-9-11-13-15-17-16-14-12-10-8-6-4-2;;1-5(2,3)4/h1,3-17H2,2H3;;(H2,1,2,3,4). The monoisotopic (exact) mass is 360 g/mol. The van der Waals surface area contributed by atoms with Gasteiger partial charge in [0, 0.05) is 0 Å². The van der Waals surface area contributed by atoms with Crippen LogP contribution >= 0.6 is 0 Å². The molecule has 0 radical (unpaired) electrons. The van der Waals surface area contributed by atoms with E-state index in [0.717, 1.165) is 0 Å². The van der Waals surface area contributed by atoms with Gasteiger partial charge < -0.3 is 0 Å². The Balaban J connectivity index is 0. The van der Waals surface area contributed by atoms with Gasteiger partial charge in [-0.15, -0.1) is 0 Å². The Labute approximate surface area is 162 Å². The molecule has 0 bridgehead atoms. The third kappa shape index (κ3) is 39.6. The number of hydrogen-bond acceptors (Lipinski definition) is 2. The number of rotatable bonds is 15. The van der Waals surface area contributed by atoms with E-state index in [0.29, 0.717) is 0 Å². The average Bonchev–Trinajstić information content (AvgIpc) is 2.46. The zero-order valence-electron chi connectivity index (χ0n) is 15.4. The molecule has 0 aliphatic rings. The summed E-state index contributed by atoms with van der Waals surface area (Å²) in [5.41, 5.74) is 0. The third-order valence-electron chi connectivity index (χ3n) is 3.96. The first-order chi connectivity index (χ1) is 10.9. The van der Waals surface area contributed by atoms with E-state index in [4.69, 9.17) is 17.5 Å². The second-order valence-corrected chi connectivity index (χ2v) is 8.29. The largest absolute Gasteiger partial charge is 0.394 e. The summed E-state index contributed by atoms with van der Waals surface area (Å²) in [5, 5.41) is 0. The fourth-order valence-electron chi connectivity index (χ4n) is 2.62. The van der Waals surface area contributed by atoms with Crippen LogP contribution in [0.3, 0.4) is 0 Å². The van der Waals surface area contributed by atoms with Gasteiger partial charge in [0.05, 0.1) is 0 Å². The molecule has 0 spiro atoms. The van der Waals surface area contributed by atoms with Gasteiger partial charge in [0.15, 0.2) is 0 Å². The fourth-order valence-corrected chi connectivity index (χ4v) is 3.12. The van der Waals surface area contributed by atoms with Gasteiger partial charge in [-0.2, -0.15) is 8.42 Å². The zero-order chi connectivity index (χ0) is 17.8. The van der Waals surface area contributed by atoms with Crippen LogP contribution in [-0.4, -0.2) is 45.5 Å². The van der Waals surface area contributed by atoms with Gasteiger partial charge in [-0.1, -0.05) is 32.6 Å². The van der Waals surface area contributed by atoms with Crippen molar-refractivity contribution in [1.82, 2.24) is 0 Å². The molecule has 136 valence electrons. The Kier molecular flexibility index (Phi) is 23.7. The van der Waals surface area contributed by atoms with Crippen LogP contribution in [0.25, 0.3) is 0 Å². The first-order valence-corrected chi connectivity index (χ1v) is 12.4. The molecule has 0 aromatic carbocycles. The van der Waals surface area contributed by atoms with E-state index < -0.39 is 10.4 Å². The summed E-state index contributed by atoms with van der Waals surface area (Å²) in [6.45, 7) is 2.30. The van der Waals surface area contributed by atoms with Crippen LogP contribution in [0, 0.1) is 0 Å². The van der Waals surface area contributed by atoms with Crippen LogP contribution in [0.1, 0.15) is 103 Å². The molecule has 0 fully saturated rings. The first kappa shape index (κ1) is 26.1. The Morgan fingerprint density at radius 1 is 0.609 bits per heavy atom. The molecule has 0 saturated heterocycles. The maximum absolute atomic E-state index is 8.74. The summed E-state index contributed by atoms with van der Waals surface area (Å²) in [6.07, 6.45) is 22.2. The van der Waals surface area contributed by atoms with E-state index in [1.807, 2.05) is 0 Å². The molecule has 23 heavy (non-hydrogen) atoms. The molecule has 2 N–H and O–H groups in total. The minimum atomic E-state index is -4.67. The van der Waals surface area contributed by atoms with Gasteiger partial charge >= 0.3 is 113 Å². The van der Waals surface area contributed by atoms with Crippen LogP contribution in [-0.2, 0) is 10.4 Å². The molecule has 0 aromatic heterocycles. The summed E-state index contributed by atoms with van der Waals surface area (Å²) < 4.78 is 33.1. The number of hydrogen-bond donors (Lipinski definition) is 2. The van der Waals surface area contributed by atoms with Gasteiger partial charge in [-0.25, -0.2) is 0 Å². The SMILES string of the molecule is CCCCCCCCCCCCCCCC[CH2][Na].O=S(=O)(O)O. The van der Waals surface area contributed by atoms with Crippen LogP contribution in [0.2, 0.25) is 3.67 Å². The maximum atomic E-state index is 8.74. The van der Waals surface area contributed by atoms with Crippen molar-refractivity contribution < 1.29 is 17.5 Å². The summed E-state index contributed by atoms with van der Waals surface area (Å²) in [6, 6.07) is 0. The first-order valence-electron chi connectivity index (χ1n) is 9.61. The van der Waals surface area contributed by atoms with Crippen molar-refractivity contribution in [3.05, 3.63) is 0 Å². The topological polar surface area (TPSA) is 74.6 Å². The van der Waals surface area contributed by atoms with Gasteiger partial charge in [0.25, 0.3) is 0 Å². The Morgan fingerprint density at radius 3 is 1.04 bits per heavy atom. The van der Waals surface area contributed by atoms with Gasteiger partial charge in [0.1, 0.15) is 0 Å². The molecule has 0 aromatic rings. The third-order valence-corrected chi connectivity index (χ3v) is 4.66. The fraction of sp³-hybridized carbons (Fsp3) is 1.00. The molecule has 0 rings (SSSR count). The second-order valence-electron chi connectivity index (χ2n) is 6.40. The minimum Gasteiger partial charge on any atom is -0.264 e. The molecule has 6 heteroatoms. The summed E-state index contributed by atoms with van der Waals surface area (Å²) >= 11 is 1.41. The maximum Gasteiger partial charge on any atom is 0.394 e. The predicted octanol–water partition coefficient (Wildman–Crippen LogP) is 5.79. The number of unbranched alkanes of at least 4 members (excludes halogenated alkanes) is 14. The van der Waals surface area contributed by atoms with Crippen LogP contribution in [0.15, 0.2) is 0 Å². The van der Waals surface area contributed by atoms with Gasteiger partial charge in [-0.3, -0.25) is 9.11 Å². The molecule has 0 amide bonds. The predicted molar refractivity (Wildman–Crippen MR) is 99.7 cm³/mol. The summed E-state index contributed by atoms with van der Waals surface area (Å²) in [7, 11) is -4.67. The normalized spacial score (nSPS) is 11.2. The summed E-state index contributed by atoms with van der Waals surface area (Å²) in [4.78, 5) is 0. The minimum absolute atomic E-state index is 1.38. The summed E-state index contributed by atoms with van der Waals surface area (Å²) in [5.74, 6) is 0. The van der Waals surface area contributed by atoms with Crippen molar-refractivity contribution in [1.29, 1.82) is 0 Å². The van der Waals surface area contributed by atoms with E-state index >= 15 is 0 Å². The van der Waals surface area contributed by atoms with E-state index in [1.54, 1.807) is 0 Å². The molecule has 0 unspecified atom stereocenters. The van der Waals surface area contributed by atoms with E-state index in [2.05, 4.69) is 6.92 Å². The molecule has 0 saturated carbocycles. The molecule has 0 atom stereocenters. The molecule has 4 nitrogen and oxygen atoms in total. The zero-order valence-corrected chi connectivity index (χ0v) is 18.2. The van der Waals surface area contributed by atoms with E-state index in [1.165, 1.54) is 128 Å². The molecular formula is C17H37NaO4S. The quantitative estimate of drug-likeness (QED) is 0.220. The molecule has 0 aliphatic heterocycles. The van der Waals surface area contributed by atoms with Gasteiger partial charge in [-0.05, 0) is 0 Å². The average molecular weight is 361 g/mol. The smallest absolute Gasteiger partial charge is 0.264 e.